The van der Waals surface area contributed by atoms with Gasteiger partial charge in [-0.15, -0.1) is 0 Å². The molecule has 31 heavy (non-hydrogen) atoms. The second kappa shape index (κ2) is 9.78. The molecular weight excluding hydrogens is 397 g/mol. The third-order valence-electron chi connectivity index (χ3n) is 5.68. The molecule has 7 nitrogen and oxygen atoms in total. The quantitative estimate of drug-likeness (QED) is 0.624. The van der Waals surface area contributed by atoms with Gasteiger partial charge in [-0.1, -0.05) is 23.4 Å². The molecule has 0 saturated carbocycles. The number of carbonyl (C=O) groups is 1. The summed E-state index contributed by atoms with van der Waals surface area (Å²) in [6.07, 6.45) is 3.97. The molecule has 0 bridgehead atoms. The summed E-state index contributed by atoms with van der Waals surface area (Å²) >= 11 is 0. The highest BCUT2D eigenvalue weighted by Gasteiger charge is 2.26. The summed E-state index contributed by atoms with van der Waals surface area (Å²) in [6.45, 7) is 4.37. The summed E-state index contributed by atoms with van der Waals surface area (Å²) in [5.41, 5.74) is 1.59. The zero-order valence-electron chi connectivity index (χ0n) is 17.5. The highest BCUT2D eigenvalue weighted by Crippen LogP contribution is 2.28. The standard InChI is InChI=1S/C23H26FN5O2/c1-16(17-5-7-19(24)8-6-17)26-21(30)11-15-29-13-9-18(10-14-29)23-27-22(28-31-23)20-4-2-3-12-25-20/h2-8,12,16,18H,9-11,13-15H2,1H3,(H,26,30)/t16-/m0/s1. The van der Waals surface area contributed by atoms with Crippen LogP contribution in [0.3, 0.4) is 0 Å². The first-order chi connectivity index (χ1) is 15.1. The van der Waals surface area contributed by atoms with Gasteiger partial charge < -0.3 is 14.7 Å². The summed E-state index contributed by atoms with van der Waals surface area (Å²) in [7, 11) is 0. The van der Waals surface area contributed by atoms with E-state index in [1.807, 2.05) is 25.1 Å². The van der Waals surface area contributed by atoms with Gasteiger partial charge in [-0.3, -0.25) is 9.78 Å². The second-order valence-corrected chi connectivity index (χ2v) is 7.88. The van der Waals surface area contributed by atoms with Crippen molar-refractivity contribution in [3.05, 3.63) is 65.9 Å². The Labute approximate surface area is 180 Å². The Morgan fingerprint density at radius 1 is 1.23 bits per heavy atom. The molecule has 2 aromatic heterocycles. The Hall–Kier alpha value is -3.13. The third kappa shape index (κ3) is 5.52. The van der Waals surface area contributed by atoms with E-state index in [1.165, 1.54) is 12.1 Å². The number of amides is 1. The molecule has 1 N–H and O–H groups in total. The molecule has 3 heterocycles. The van der Waals surface area contributed by atoms with Crippen molar-refractivity contribution in [3.63, 3.8) is 0 Å². The van der Waals surface area contributed by atoms with Crippen LogP contribution in [0.1, 0.15) is 49.6 Å². The summed E-state index contributed by atoms with van der Waals surface area (Å²) in [5.74, 6) is 1.12. The van der Waals surface area contributed by atoms with Gasteiger partial charge in [0.2, 0.25) is 17.6 Å². The molecular formula is C23H26FN5O2. The number of carbonyl (C=O) groups excluding carboxylic acids is 1. The topological polar surface area (TPSA) is 84.2 Å². The molecule has 3 aromatic rings. The minimum absolute atomic E-state index is 0.00384. The van der Waals surface area contributed by atoms with Crippen molar-refractivity contribution in [2.24, 2.45) is 0 Å². The van der Waals surface area contributed by atoms with E-state index in [9.17, 15) is 9.18 Å². The predicted molar refractivity (Wildman–Crippen MR) is 114 cm³/mol. The number of pyridine rings is 1. The van der Waals surface area contributed by atoms with Crippen molar-refractivity contribution in [1.29, 1.82) is 0 Å². The first-order valence-corrected chi connectivity index (χ1v) is 10.6. The fourth-order valence-electron chi connectivity index (χ4n) is 3.81. The molecule has 1 atom stereocenters. The Balaban J connectivity index is 1.21. The molecule has 4 rings (SSSR count). The molecule has 0 aliphatic carbocycles. The molecule has 1 amide bonds. The molecule has 0 spiro atoms. The van der Waals surface area contributed by atoms with Gasteiger partial charge in [0, 0.05) is 25.1 Å². The average Bonchev–Trinajstić information content (AvgIpc) is 3.29. The van der Waals surface area contributed by atoms with Crippen LogP contribution in [0.15, 0.2) is 53.2 Å². The van der Waals surface area contributed by atoms with Crippen molar-refractivity contribution in [2.45, 2.75) is 38.1 Å². The fourth-order valence-corrected chi connectivity index (χ4v) is 3.81. The molecule has 1 saturated heterocycles. The van der Waals surface area contributed by atoms with E-state index in [2.05, 4.69) is 25.3 Å². The van der Waals surface area contributed by atoms with Crippen LogP contribution < -0.4 is 5.32 Å². The van der Waals surface area contributed by atoms with E-state index >= 15 is 0 Å². The Kier molecular flexibility index (Phi) is 6.66. The zero-order chi connectivity index (χ0) is 21.6. The lowest BCUT2D eigenvalue weighted by Crippen LogP contribution is -2.36. The van der Waals surface area contributed by atoms with Crippen molar-refractivity contribution in [1.82, 2.24) is 25.3 Å². The highest BCUT2D eigenvalue weighted by atomic mass is 19.1. The Morgan fingerprint density at radius 3 is 2.71 bits per heavy atom. The number of rotatable bonds is 7. The Bertz CT molecular complexity index is 985. The van der Waals surface area contributed by atoms with Crippen LogP contribution in [-0.2, 0) is 4.79 Å². The van der Waals surface area contributed by atoms with Crippen LogP contribution in [0.4, 0.5) is 4.39 Å². The maximum Gasteiger partial charge on any atom is 0.230 e. The third-order valence-corrected chi connectivity index (χ3v) is 5.68. The number of hydrogen-bond donors (Lipinski definition) is 1. The van der Waals surface area contributed by atoms with E-state index in [-0.39, 0.29) is 23.7 Å². The van der Waals surface area contributed by atoms with E-state index in [0.717, 1.165) is 31.5 Å². The molecule has 1 aliphatic heterocycles. The smallest absolute Gasteiger partial charge is 0.230 e. The summed E-state index contributed by atoms with van der Waals surface area (Å²) in [4.78, 5) is 23.4. The summed E-state index contributed by atoms with van der Waals surface area (Å²) < 4.78 is 18.5. The lowest BCUT2D eigenvalue weighted by Gasteiger charge is -2.30. The van der Waals surface area contributed by atoms with Crippen LogP contribution >= 0.6 is 0 Å². The van der Waals surface area contributed by atoms with Gasteiger partial charge in [0.1, 0.15) is 11.5 Å². The maximum absolute atomic E-state index is 13.0. The van der Waals surface area contributed by atoms with E-state index in [4.69, 9.17) is 4.52 Å². The van der Waals surface area contributed by atoms with Gasteiger partial charge in [-0.25, -0.2) is 4.39 Å². The Morgan fingerprint density at radius 2 is 2.00 bits per heavy atom. The van der Waals surface area contributed by atoms with Gasteiger partial charge in [0.05, 0.1) is 6.04 Å². The van der Waals surface area contributed by atoms with E-state index in [1.54, 1.807) is 18.3 Å². The van der Waals surface area contributed by atoms with Crippen molar-refractivity contribution >= 4 is 5.91 Å². The maximum atomic E-state index is 13.0. The number of aromatic nitrogens is 3. The summed E-state index contributed by atoms with van der Waals surface area (Å²) in [6, 6.07) is 11.7. The van der Waals surface area contributed by atoms with Crippen LogP contribution in [0, 0.1) is 5.82 Å². The van der Waals surface area contributed by atoms with Crippen molar-refractivity contribution in [2.75, 3.05) is 19.6 Å². The molecule has 0 unspecified atom stereocenters. The first-order valence-electron chi connectivity index (χ1n) is 10.6. The lowest BCUT2D eigenvalue weighted by molar-refractivity contribution is -0.122. The van der Waals surface area contributed by atoms with E-state index in [0.29, 0.717) is 30.4 Å². The van der Waals surface area contributed by atoms with Gasteiger partial charge in [-0.2, -0.15) is 4.98 Å². The van der Waals surface area contributed by atoms with Crippen LogP contribution in [0.2, 0.25) is 0 Å². The van der Waals surface area contributed by atoms with Crippen LogP contribution in [-0.4, -0.2) is 45.6 Å². The number of nitrogens with one attached hydrogen (secondary N) is 1. The highest BCUT2D eigenvalue weighted by molar-refractivity contribution is 5.76. The van der Waals surface area contributed by atoms with Crippen LogP contribution in [0.25, 0.3) is 11.5 Å². The molecule has 0 radical (unpaired) electrons. The number of halogens is 1. The average molecular weight is 423 g/mol. The number of nitrogens with zero attached hydrogens (tertiary/aromatic N) is 4. The number of likely N-dealkylation sites (tertiary alicyclic amines) is 1. The van der Waals surface area contributed by atoms with Crippen molar-refractivity contribution < 1.29 is 13.7 Å². The molecule has 1 fully saturated rings. The molecule has 8 heteroatoms. The lowest BCUT2D eigenvalue weighted by atomic mass is 9.96. The molecule has 1 aromatic carbocycles. The summed E-state index contributed by atoms with van der Waals surface area (Å²) in [5, 5.41) is 7.04. The van der Waals surface area contributed by atoms with Gasteiger partial charge in [-0.05, 0) is 62.7 Å². The second-order valence-electron chi connectivity index (χ2n) is 7.88. The normalized spacial score (nSPS) is 16.2. The van der Waals surface area contributed by atoms with Gasteiger partial charge >= 0.3 is 0 Å². The van der Waals surface area contributed by atoms with Crippen LogP contribution in [0.5, 0.6) is 0 Å². The van der Waals surface area contributed by atoms with E-state index < -0.39 is 0 Å². The predicted octanol–water partition coefficient (Wildman–Crippen LogP) is 3.72. The number of piperidine rings is 1. The number of hydrogen-bond acceptors (Lipinski definition) is 6. The minimum atomic E-state index is -0.279. The SMILES string of the molecule is C[C@H](NC(=O)CCN1CCC(c2nc(-c3ccccn3)no2)CC1)c1ccc(F)cc1. The fraction of sp³-hybridized carbons (Fsp3) is 0.391. The van der Waals surface area contributed by atoms with Gasteiger partial charge in [0.15, 0.2) is 0 Å². The van der Waals surface area contributed by atoms with Crippen molar-refractivity contribution in [3.8, 4) is 11.5 Å². The number of benzene rings is 1. The minimum Gasteiger partial charge on any atom is -0.350 e. The molecule has 162 valence electrons. The molecule has 1 aliphatic rings. The largest absolute Gasteiger partial charge is 0.350 e. The monoisotopic (exact) mass is 423 g/mol. The zero-order valence-corrected chi connectivity index (χ0v) is 17.5. The van der Waals surface area contributed by atoms with Gasteiger partial charge in [0.25, 0.3) is 0 Å². The first kappa shape index (κ1) is 21.1.